The van der Waals surface area contributed by atoms with Gasteiger partial charge in [0, 0.05) is 12.6 Å². The number of sulfonamides is 1. The molecule has 7 heteroatoms. The van der Waals surface area contributed by atoms with Gasteiger partial charge in [-0.2, -0.15) is 0 Å². The van der Waals surface area contributed by atoms with E-state index in [1.807, 2.05) is 37.3 Å². The molecule has 0 heterocycles. The summed E-state index contributed by atoms with van der Waals surface area (Å²) in [6.07, 6.45) is 0. The van der Waals surface area contributed by atoms with Crippen LogP contribution in [-0.4, -0.2) is 20.5 Å². The van der Waals surface area contributed by atoms with E-state index in [-0.39, 0.29) is 29.6 Å². The highest BCUT2D eigenvalue weighted by atomic mass is 32.2. The Hall–Kier alpha value is -2.38. The standard InChI is InChI=1S/C19H25N3O3S/c1-14(2)22-26(24,25)18-11-7-8-16(12-18)13-20-19(23)21-15(3)17-9-5-4-6-10-17/h4-12,14-15,22H,13H2,1-3H3,(H2,20,21,23)/t15-/m0/s1. The molecule has 0 aliphatic heterocycles. The van der Waals surface area contributed by atoms with E-state index < -0.39 is 10.0 Å². The molecule has 0 spiro atoms. The summed E-state index contributed by atoms with van der Waals surface area (Å²) in [4.78, 5) is 12.3. The van der Waals surface area contributed by atoms with Crippen LogP contribution in [0, 0.1) is 0 Å². The molecular formula is C19H25N3O3S. The molecule has 0 aliphatic carbocycles. The number of carbonyl (C=O) groups excluding carboxylic acids is 1. The first-order valence-corrected chi connectivity index (χ1v) is 9.97. The monoisotopic (exact) mass is 375 g/mol. The van der Waals surface area contributed by atoms with E-state index in [1.165, 1.54) is 6.07 Å². The zero-order valence-corrected chi connectivity index (χ0v) is 16.0. The van der Waals surface area contributed by atoms with Crippen molar-refractivity contribution < 1.29 is 13.2 Å². The maximum absolute atomic E-state index is 12.2. The summed E-state index contributed by atoms with van der Waals surface area (Å²) >= 11 is 0. The smallest absolute Gasteiger partial charge is 0.315 e. The van der Waals surface area contributed by atoms with E-state index in [0.29, 0.717) is 5.56 Å². The number of hydrogen-bond acceptors (Lipinski definition) is 3. The molecule has 2 amide bonds. The first-order chi connectivity index (χ1) is 12.3. The highest BCUT2D eigenvalue weighted by Crippen LogP contribution is 2.13. The SMILES string of the molecule is CC(C)NS(=O)(=O)c1cccc(CNC(=O)N[C@@H](C)c2ccccc2)c1. The largest absolute Gasteiger partial charge is 0.334 e. The second-order valence-corrected chi connectivity index (χ2v) is 8.10. The van der Waals surface area contributed by atoms with Gasteiger partial charge in [0.2, 0.25) is 10.0 Å². The Balaban J connectivity index is 1.95. The molecule has 0 saturated carbocycles. The summed E-state index contributed by atoms with van der Waals surface area (Å²) in [5, 5.41) is 5.61. The van der Waals surface area contributed by atoms with Crippen molar-refractivity contribution in [3.8, 4) is 0 Å². The summed E-state index contributed by atoms with van der Waals surface area (Å²) in [7, 11) is -3.55. The van der Waals surface area contributed by atoms with E-state index in [9.17, 15) is 13.2 Å². The van der Waals surface area contributed by atoms with Gasteiger partial charge in [-0.15, -0.1) is 0 Å². The first kappa shape index (κ1) is 19.9. The van der Waals surface area contributed by atoms with Crippen molar-refractivity contribution in [2.24, 2.45) is 0 Å². The minimum absolute atomic E-state index is 0.127. The Bertz CT molecular complexity index is 836. The Morgan fingerprint density at radius 3 is 2.35 bits per heavy atom. The normalized spacial score (nSPS) is 12.6. The number of carbonyl (C=O) groups is 1. The minimum atomic E-state index is -3.55. The van der Waals surface area contributed by atoms with Crippen LogP contribution in [0.2, 0.25) is 0 Å². The fourth-order valence-corrected chi connectivity index (χ4v) is 3.78. The third-order valence-electron chi connectivity index (χ3n) is 3.70. The molecule has 1 atom stereocenters. The van der Waals surface area contributed by atoms with E-state index in [1.54, 1.807) is 32.0 Å². The topological polar surface area (TPSA) is 87.3 Å². The quantitative estimate of drug-likeness (QED) is 0.695. The van der Waals surface area contributed by atoms with Crippen LogP contribution in [0.4, 0.5) is 4.79 Å². The number of urea groups is 1. The first-order valence-electron chi connectivity index (χ1n) is 8.48. The molecule has 2 aromatic rings. The van der Waals surface area contributed by atoms with Crippen LogP contribution in [0.5, 0.6) is 0 Å². The van der Waals surface area contributed by atoms with Gasteiger partial charge in [-0.05, 0) is 44.0 Å². The van der Waals surface area contributed by atoms with Crippen LogP contribution >= 0.6 is 0 Å². The number of benzene rings is 2. The highest BCUT2D eigenvalue weighted by molar-refractivity contribution is 7.89. The molecule has 0 aromatic heterocycles. The lowest BCUT2D eigenvalue weighted by atomic mass is 10.1. The van der Waals surface area contributed by atoms with Crippen molar-refractivity contribution in [2.75, 3.05) is 0 Å². The van der Waals surface area contributed by atoms with Gasteiger partial charge in [0.25, 0.3) is 0 Å². The predicted octanol–water partition coefficient (Wildman–Crippen LogP) is 2.93. The van der Waals surface area contributed by atoms with Crippen molar-refractivity contribution in [3.63, 3.8) is 0 Å². The molecule has 0 bridgehead atoms. The van der Waals surface area contributed by atoms with Crippen molar-refractivity contribution in [3.05, 3.63) is 65.7 Å². The number of amides is 2. The van der Waals surface area contributed by atoms with Gasteiger partial charge in [0.1, 0.15) is 0 Å². The average Bonchev–Trinajstić information content (AvgIpc) is 2.60. The third-order valence-corrected chi connectivity index (χ3v) is 5.36. The van der Waals surface area contributed by atoms with E-state index in [0.717, 1.165) is 5.56 Å². The van der Waals surface area contributed by atoms with Gasteiger partial charge in [-0.3, -0.25) is 0 Å². The fourth-order valence-electron chi connectivity index (χ4n) is 2.46. The number of nitrogens with one attached hydrogen (secondary N) is 3. The van der Waals surface area contributed by atoms with Crippen LogP contribution in [0.15, 0.2) is 59.5 Å². The lowest BCUT2D eigenvalue weighted by Crippen LogP contribution is -2.36. The van der Waals surface area contributed by atoms with Crippen LogP contribution < -0.4 is 15.4 Å². The Kier molecular flexibility index (Phi) is 6.76. The lowest BCUT2D eigenvalue weighted by Gasteiger charge is -2.15. The molecule has 6 nitrogen and oxygen atoms in total. The van der Waals surface area contributed by atoms with Crippen LogP contribution in [-0.2, 0) is 16.6 Å². The van der Waals surface area contributed by atoms with Gasteiger partial charge in [0.05, 0.1) is 10.9 Å². The fraction of sp³-hybridized carbons (Fsp3) is 0.316. The molecule has 0 unspecified atom stereocenters. The van der Waals surface area contributed by atoms with Gasteiger partial charge < -0.3 is 10.6 Å². The van der Waals surface area contributed by atoms with Crippen molar-refractivity contribution in [1.82, 2.24) is 15.4 Å². The Morgan fingerprint density at radius 2 is 1.69 bits per heavy atom. The summed E-state index contributed by atoms with van der Waals surface area (Å²) in [5.41, 5.74) is 1.72. The Labute approximate surface area is 155 Å². The predicted molar refractivity (Wildman–Crippen MR) is 102 cm³/mol. The summed E-state index contributed by atoms with van der Waals surface area (Å²) in [6, 6.07) is 15.6. The molecular weight excluding hydrogens is 350 g/mol. The summed E-state index contributed by atoms with van der Waals surface area (Å²) in [6.45, 7) is 5.67. The second-order valence-electron chi connectivity index (χ2n) is 6.38. The maximum Gasteiger partial charge on any atom is 0.315 e. The van der Waals surface area contributed by atoms with Crippen LogP contribution in [0.3, 0.4) is 0 Å². The Morgan fingerprint density at radius 1 is 1.00 bits per heavy atom. The second kappa shape index (κ2) is 8.82. The van der Waals surface area contributed by atoms with E-state index >= 15 is 0 Å². The molecule has 0 fully saturated rings. The molecule has 2 rings (SSSR count). The molecule has 0 saturated heterocycles. The van der Waals surface area contributed by atoms with Crippen molar-refractivity contribution in [2.45, 2.75) is 44.3 Å². The molecule has 0 aliphatic rings. The van der Waals surface area contributed by atoms with Crippen molar-refractivity contribution >= 4 is 16.1 Å². The van der Waals surface area contributed by atoms with Crippen molar-refractivity contribution in [1.29, 1.82) is 0 Å². The van der Waals surface area contributed by atoms with Gasteiger partial charge >= 0.3 is 6.03 Å². The molecule has 26 heavy (non-hydrogen) atoms. The lowest BCUT2D eigenvalue weighted by molar-refractivity contribution is 0.237. The van der Waals surface area contributed by atoms with Crippen LogP contribution in [0.1, 0.15) is 37.9 Å². The molecule has 2 aromatic carbocycles. The van der Waals surface area contributed by atoms with Gasteiger partial charge in [-0.25, -0.2) is 17.9 Å². The minimum Gasteiger partial charge on any atom is -0.334 e. The zero-order chi connectivity index (χ0) is 19.2. The van der Waals surface area contributed by atoms with Crippen LogP contribution in [0.25, 0.3) is 0 Å². The zero-order valence-electron chi connectivity index (χ0n) is 15.2. The van der Waals surface area contributed by atoms with Gasteiger partial charge in [0.15, 0.2) is 0 Å². The number of hydrogen-bond donors (Lipinski definition) is 3. The maximum atomic E-state index is 12.2. The molecule has 3 N–H and O–H groups in total. The molecule has 140 valence electrons. The summed E-state index contributed by atoms with van der Waals surface area (Å²) in [5.74, 6) is 0. The third kappa shape index (κ3) is 5.86. The van der Waals surface area contributed by atoms with E-state index in [4.69, 9.17) is 0 Å². The highest BCUT2D eigenvalue weighted by Gasteiger charge is 2.15. The summed E-state index contributed by atoms with van der Waals surface area (Å²) < 4.78 is 27.0. The van der Waals surface area contributed by atoms with E-state index in [2.05, 4.69) is 15.4 Å². The molecule has 0 radical (unpaired) electrons. The van der Waals surface area contributed by atoms with Gasteiger partial charge in [-0.1, -0.05) is 42.5 Å². The average molecular weight is 375 g/mol. The number of rotatable bonds is 7.